The molecule has 0 aliphatic carbocycles. The lowest BCUT2D eigenvalue weighted by atomic mass is 10.2. The number of benzene rings is 2. The van der Waals surface area contributed by atoms with Crippen LogP contribution in [0.4, 0.5) is 10.5 Å². The van der Waals surface area contributed by atoms with Gasteiger partial charge < -0.3 is 10.6 Å². The summed E-state index contributed by atoms with van der Waals surface area (Å²) >= 11 is 5.82. The second-order valence-electron chi connectivity index (χ2n) is 4.51. The fourth-order valence-corrected chi connectivity index (χ4v) is 2.43. The Morgan fingerprint density at radius 1 is 1.14 bits per heavy atom. The molecule has 2 rings (SSSR count). The van der Waals surface area contributed by atoms with Crippen LogP contribution >= 0.6 is 11.6 Å². The number of sulfonamides is 1. The minimum Gasteiger partial charge on any atom is -0.334 e. The monoisotopic (exact) mass is 339 g/mol. The standard InChI is InChI=1S/C14H14ClN3O3S/c15-11-2-1-3-12(8-11)18-14(19)17-9-10-4-6-13(7-5-10)22(16,20)21/h1-8H,9H2,(H2,16,20,21)(H2,17,18,19). The molecular formula is C14H14ClN3O3S. The van der Waals surface area contributed by atoms with Crippen molar-refractivity contribution in [1.29, 1.82) is 0 Å². The average Bonchev–Trinajstić information content (AvgIpc) is 2.45. The van der Waals surface area contributed by atoms with Crippen molar-refractivity contribution in [2.45, 2.75) is 11.4 Å². The van der Waals surface area contributed by atoms with Gasteiger partial charge in [0.15, 0.2) is 0 Å². The molecule has 22 heavy (non-hydrogen) atoms. The molecule has 0 bridgehead atoms. The van der Waals surface area contributed by atoms with Crippen molar-refractivity contribution in [2.75, 3.05) is 5.32 Å². The number of hydrogen-bond donors (Lipinski definition) is 3. The molecule has 0 saturated heterocycles. The number of anilines is 1. The molecule has 116 valence electrons. The second-order valence-corrected chi connectivity index (χ2v) is 6.50. The van der Waals surface area contributed by atoms with Gasteiger partial charge in [0, 0.05) is 17.3 Å². The zero-order valence-electron chi connectivity index (χ0n) is 11.4. The number of carbonyl (C=O) groups is 1. The van der Waals surface area contributed by atoms with Crippen LogP contribution in [0.3, 0.4) is 0 Å². The minimum absolute atomic E-state index is 0.0274. The summed E-state index contributed by atoms with van der Waals surface area (Å²) in [5, 5.41) is 10.8. The summed E-state index contributed by atoms with van der Waals surface area (Å²) < 4.78 is 22.3. The van der Waals surface area contributed by atoms with Gasteiger partial charge in [0.1, 0.15) is 0 Å². The third kappa shape index (κ3) is 4.73. The van der Waals surface area contributed by atoms with Crippen molar-refractivity contribution < 1.29 is 13.2 Å². The Balaban J connectivity index is 1.91. The Kier molecular flexibility index (Phi) is 5.02. The first kappa shape index (κ1) is 16.3. The molecule has 0 heterocycles. The van der Waals surface area contributed by atoms with Crippen molar-refractivity contribution >= 4 is 33.3 Å². The van der Waals surface area contributed by atoms with E-state index in [4.69, 9.17) is 16.7 Å². The first-order valence-corrected chi connectivity index (χ1v) is 8.19. The van der Waals surface area contributed by atoms with Crippen LogP contribution in [-0.2, 0) is 16.6 Å². The molecule has 0 unspecified atom stereocenters. The van der Waals surface area contributed by atoms with Gasteiger partial charge >= 0.3 is 6.03 Å². The molecule has 2 amide bonds. The van der Waals surface area contributed by atoms with Crippen LogP contribution in [0, 0.1) is 0 Å². The lowest BCUT2D eigenvalue weighted by Crippen LogP contribution is -2.28. The Morgan fingerprint density at radius 2 is 1.82 bits per heavy atom. The van der Waals surface area contributed by atoms with E-state index < -0.39 is 16.1 Å². The zero-order valence-corrected chi connectivity index (χ0v) is 13.0. The van der Waals surface area contributed by atoms with Crippen LogP contribution in [0.25, 0.3) is 0 Å². The van der Waals surface area contributed by atoms with Crippen LogP contribution in [0.2, 0.25) is 5.02 Å². The van der Waals surface area contributed by atoms with E-state index in [-0.39, 0.29) is 11.4 Å². The number of amides is 2. The highest BCUT2D eigenvalue weighted by Crippen LogP contribution is 2.14. The molecule has 0 radical (unpaired) electrons. The number of nitrogens with one attached hydrogen (secondary N) is 2. The van der Waals surface area contributed by atoms with Crippen molar-refractivity contribution in [3.63, 3.8) is 0 Å². The van der Waals surface area contributed by atoms with Crippen LogP contribution in [0.1, 0.15) is 5.56 Å². The maximum Gasteiger partial charge on any atom is 0.319 e. The number of hydrogen-bond acceptors (Lipinski definition) is 3. The molecule has 0 aliphatic rings. The van der Waals surface area contributed by atoms with E-state index in [9.17, 15) is 13.2 Å². The van der Waals surface area contributed by atoms with Crippen molar-refractivity contribution in [3.8, 4) is 0 Å². The van der Waals surface area contributed by atoms with Crippen molar-refractivity contribution in [1.82, 2.24) is 5.32 Å². The van der Waals surface area contributed by atoms with Gasteiger partial charge in [-0.05, 0) is 35.9 Å². The highest BCUT2D eigenvalue weighted by Gasteiger charge is 2.07. The predicted molar refractivity (Wildman–Crippen MR) is 85.1 cm³/mol. The maximum absolute atomic E-state index is 11.7. The van der Waals surface area contributed by atoms with Crippen LogP contribution in [-0.4, -0.2) is 14.4 Å². The van der Waals surface area contributed by atoms with E-state index in [1.807, 2.05) is 0 Å². The summed E-state index contributed by atoms with van der Waals surface area (Å²) in [5.41, 5.74) is 1.32. The van der Waals surface area contributed by atoms with Crippen LogP contribution in [0.15, 0.2) is 53.4 Å². The van der Waals surface area contributed by atoms with E-state index in [2.05, 4.69) is 10.6 Å². The summed E-state index contributed by atoms with van der Waals surface area (Å²) in [6.07, 6.45) is 0. The molecule has 0 spiro atoms. The Labute approximate surface area is 133 Å². The molecule has 0 aromatic heterocycles. The van der Waals surface area contributed by atoms with Gasteiger partial charge in [-0.3, -0.25) is 0 Å². The predicted octanol–water partition coefficient (Wildman–Crippen LogP) is 2.31. The minimum atomic E-state index is -3.71. The number of halogens is 1. The Bertz CT molecular complexity index is 776. The van der Waals surface area contributed by atoms with Crippen molar-refractivity contribution in [2.24, 2.45) is 5.14 Å². The SMILES string of the molecule is NS(=O)(=O)c1ccc(CNC(=O)Nc2cccc(Cl)c2)cc1. The van der Waals surface area contributed by atoms with Crippen molar-refractivity contribution in [3.05, 3.63) is 59.1 Å². The lowest BCUT2D eigenvalue weighted by molar-refractivity contribution is 0.251. The van der Waals surface area contributed by atoms with Gasteiger partial charge in [-0.1, -0.05) is 29.8 Å². The number of urea groups is 1. The second kappa shape index (κ2) is 6.78. The molecule has 0 saturated carbocycles. The van der Waals surface area contributed by atoms with Gasteiger partial charge in [-0.2, -0.15) is 0 Å². The summed E-state index contributed by atoms with van der Waals surface area (Å²) in [4.78, 5) is 11.8. The topological polar surface area (TPSA) is 101 Å². The van der Waals surface area contributed by atoms with Crippen LogP contribution in [0.5, 0.6) is 0 Å². The van der Waals surface area contributed by atoms with Gasteiger partial charge in [-0.25, -0.2) is 18.4 Å². The molecular weight excluding hydrogens is 326 g/mol. The number of nitrogens with two attached hydrogens (primary N) is 1. The molecule has 0 atom stereocenters. The molecule has 6 nitrogen and oxygen atoms in total. The first-order valence-electron chi connectivity index (χ1n) is 6.27. The molecule has 0 aliphatic heterocycles. The van der Waals surface area contributed by atoms with Gasteiger partial charge in [0.25, 0.3) is 0 Å². The molecule has 8 heteroatoms. The highest BCUT2D eigenvalue weighted by molar-refractivity contribution is 7.89. The van der Waals surface area contributed by atoms with Gasteiger partial charge in [-0.15, -0.1) is 0 Å². The fraction of sp³-hybridized carbons (Fsp3) is 0.0714. The summed E-state index contributed by atoms with van der Waals surface area (Å²) in [6, 6.07) is 12.3. The smallest absolute Gasteiger partial charge is 0.319 e. The Morgan fingerprint density at radius 3 is 2.41 bits per heavy atom. The Hall–Kier alpha value is -2.09. The largest absolute Gasteiger partial charge is 0.334 e. The molecule has 4 N–H and O–H groups in total. The summed E-state index contributed by atoms with van der Waals surface area (Å²) in [7, 11) is -3.71. The quantitative estimate of drug-likeness (QED) is 0.796. The molecule has 2 aromatic rings. The van der Waals surface area contributed by atoms with E-state index in [1.54, 1.807) is 36.4 Å². The number of carbonyl (C=O) groups excluding carboxylic acids is 1. The number of rotatable bonds is 4. The summed E-state index contributed by atoms with van der Waals surface area (Å²) in [5.74, 6) is 0. The molecule has 2 aromatic carbocycles. The average molecular weight is 340 g/mol. The van der Waals surface area contributed by atoms with Gasteiger partial charge in [0.05, 0.1) is 4.90 Å². The lowest BCUT2D eigenvalue weighted by Gasteiger charge is -2.08. The van der Waals surface area contributed by atoms with Gasteiger partial charge in [0.2, 0.25) is 10.0 Å². The highest BCUT2D eigenvalue weighted by atomic mass is 35.5. The van der Waals surface area contributed by atoms with E-state index in [0.29, 0.717) is 10.7 Å². The van der Waals surface area contributed by atoms with E-state index in [1.165, 1.54) is 12.1 Å². The first-order chi connectivity index (χ1) is 10.3. The fourth-order valence-electron chi connectivity index (χ4n) is 1.72. The van der Waals surface area contributed by atoms with E-state index in [0.717, 1.165) is 5.56 Å². The maximum atomic E-state index is 11.7. The molecule has 0 fully saturated rings. The zero-order chi connectivity index (χ0) is 16.2. The third-order valence-electron chi connectivity index (χ3n) is 2.79. The van der Waals surface area contributed by atoms with E-state index >= 15 is 0 Å². The summed E-state index contributed by atoms with van der Waals surface area (Å²) in [6.45, 7) is 0.247. The van der Waals surface area contributed by atoms with Crippen LogP contribution < -0.4 is 15.8 Å². The number of primary sulfonamides is 1. The third-order valence-corrected chi connectivity index (χ3v) is 3.95. The normalized spacial score (nSPS) is 11.0.